The van der Waals surface area contributed by atoms with Crippen LogP contribution in [0.3, 0.4) is 0 Å². The highest BCUT2D eigenvalue weighted by Gasteiger charge is 2.65. The summed E-state index contributed by atoms with van der Waals surface area (Å²) in [5, 5.41) is 10.7. The number of hydrogen-bond acceptors (Lipinski definition) is 2. The van der Waals surface area contributed by atoms with Gasteiger partial charge in [-0.1, -0.05) is 29.8 Å². The van der Waals surface area contributed by atoms with E-state index in [1.807, 2.05) is 0 Å². The topological polar surface area (TPSA) is 37.3 Å². The quantitative estimate of drug-likeness (QED) is 0.516. The molecule has 4 fully saturated rings. The Labute approximate surface area is 174 Å². The second-order valence-electron chi connectivity index (χ2n) is 10.7. The minimum absolute atomic E-state index is 0.0522. The Morgan fingerprint density at radius 2 is 1.68 bits per heavy atom. The van der Waals surface area contributed by atoms with Crippen LogP contribution in [0.15, 0.2) is 0 Å². The van der Waals surface area contributed by atoms with Crippen molar-refractivity contribution in [2.45, 2.75) is 83.4 Å². The molecule has 4 aliphatic carbocycles. The summed E-state index contributed by atoms with van der Waals surface area (Å²) in [6, 6.07) is 0. The first-order valence-electron chi connectivity index (χ1n) is 10.8. The van der Waals surface area contributed by atoms with Gasteiger partial charge >= 0.3 is 6.18 Å². The second-order valence-corrected chi connectivity index (χ2v) is 11.2. The van der Waals surface area contributed by atoms with Crippen LogP contribution in [0.4, 0.5) is 13.2 Å². The van der Waals surface area contributed by atoms with Crippen LogP contribution in [-0.4, -0.2) is 28.0 Å². The monoisotopic (exact) mass is 464 g/mol. The van der Waals surface area contributed by atoms with Crippen LogP contribution in [-0.2, 0) is 4.79 Å². The first-order chi connectivity index (χ1) is 13.0. The zero-order chi connectivity index (χ0) is 20.5. The molecule has 4 saturated carbocycles. The summed E-state index contributed by atoms with van der Waals surface area (Å²) in [5.41, 5.74) is -2.57. The molecular formula is C22H32BrF3O2. The van der Waals surface area contributed by atoms with Crippen molar-refractivity contribution in [3.63, 3.8) is 0 Å². The van der Waals surface area contributed by atoms with Crippen molar-refractivity contribution in [3.8, 4) is 0 Å². The zero-order valence-corrected chi connectivity index (χ0v) is 18.4. The van der Waals surface area contributed by atoms with E-state index in [0.717, 1.165) is 38.5 Å². The van der Waals surface area contributed by atoms with E-state index >= 15 is 0 Å². The average Bonchev–Trinajstić information content (AvgIpc) is 2.98. The maximum atomic E-state index is 13.4. The molecule has 6 heteroatoms. The molecule has 0 heterocycles. The zero-order valence-electron chi connectivity index (χ0n) is 16.8. The van der Waals surface area contributed by atoms with Crippen molar-refractivity contribution in [3.05, 3.63) is 0 Å². The molecule has 0 aromatic rings. The fourth-order valence-corrected chi connectivity index (χ4v) is 8.52. The van der Waals surface area contributed by atoms with Gasteiger partial charge in [0.15, 0.2) is 5.60 Å². The number of halogens is 4. The number of aliphatic hydroxyl groups is 1. The number of fused-ring (bicyclic) bond motifs is 5. The van der Waals surface area contributed by atoms with Gasteiger partial charge in [-0.25, -0.2) is 0 Å². The summed E-state index contributed by atoms with van der Waals surface area (Å²) >= 11 is 3.35. The molecule has 0 bridgehead atoms. The van der Waals surface area contributed by atoms with Crippen molar-refractivity contribution < 1.29 is 23.1 Å². The third-order valence-corrected chi connectivity index (χ3v) is 10.3. The van der Waals surface area contributed by atoms with E-state index in [-0.39, 0.29) is 35.5 Å². The number of alkyl halides is 4. The highest BCUT2D eigenvalue weighted by atomic mass is 79.9. The average molecular weight is 465 g/mol. The number of hydrogen-bond donors (Lipinski definition) is 1. The maximum Gasteiger partial charge on any atom is 0.417 e. The van der Waals surface area contributed by atoms with E-state index in [1.54, 1.807) is 0 Å². The molecule has 2 unspecified atom stereocenters. The van der Waals surface area contributed by atoms with Gasteiger partial charge in [0.2, 0.25) is 0 Å². The summed E-state index contributed by atoms with van der Waals surface area (Å²) in [5.74, 6) is 1.85. The van der Waals surface area contributed by atoms with Crippen LogP contribution in [0, 0.1) is 40.4 Å². The lowest BCUT2D eigenvalue weighted by atomic mass is 9.43. The third-order valence-electron chi connectivity index (χ3n) is 9.77. The van der Waals surface area contributed by atoms with Gasteiger partial charge < -0.3 is 5.11 Å². The summed E-state index contributed by atoms with van der Waals surface area (Å²) in [7, 11) is 0. The Bertz CT molecular complexity index is 652. The number of rotatable bonds is 2. The molecule has 0 aromatic heterocycles. The van der Waals surface area contributed by atoms with Gasteiger partial charge in [0, 0.05) is 5.92 Å². The van der Waals surface area contributed by atoms with Gasteiger partial charge in [-0.2, -0.15) is 13.2 Å². The van der Waals surface area contributed by atoms with Gasteiger partial charge in [0.25, 0.3) is 0 Å². The number of carbonyl (C=O) groups excluding carboxylic acids is 1. The van der Waals surface area contributed by atoms with Gasteiger partial charge in [-0.05, 0) is 92.3 Å². The van der Waals surface area contributed by atoms with Gasteiger partial charge in [-0.3, -0.25) is 4.79 Å². The largest absolute Gasteiger partial charge is 0.417 e. The molecule has 0 saturated heterocycles. The van der Waals surface area contributed by atoms with Crippen molar-refractivity contribution in [1.82, 2.24) is 0 Å². The summed E-state index contributed by atoms with van der Waals surface area (Å²) < 4.78 is 40.3. The van der Waals surface area contributed by atoms with Crippen molar-refractivity contribution >= 4 is 21.7 Å². The fraction of sp³-hybridized carbons (Fsp3) is 0.955. The van der Waals surface area contributed by atoms with Gasteiger partial charge in [0.05, 0.1) is 5.33 Å². The van der Waals surface area contributed by atoms with E-state index in [2.05, 4.69) is 29.8 Å². The molecule has 0 aromatic carbocycles. The molecule has 0 amide bonds. The van der Waals surface area contributed by atoms with Crippen molar-refractivity contribution in [2.24, 2.45) is 40.4 Å². The minimum Gasteiger partial charge on any atom is -0.380 e. The first kappa shape index (κ1) is 21.1. The number of ketones is 1. The predicted octanol–water partition coefficient (Wildman–Crippen LogP) is 5.90. The Balaban J connectivity index is 1.57. The van der Waals surface area contributed by atoms with Crippen LogP contribution >= 0.6 is 15.9 Å². The van der Waals surface area contributed by atoms with Crippen molar-refractivity contribution in [2.75, 3.05) is 5.33 Å². The lowest BCUT2D eigenvalue weighted by Crippen LogP contribution is -2.59. The van der Waals surface area contributed by atoms with E-state index in [9.17, 15) is 23.1 Å². The molecule has 0 radical (unpaired) electrons. The van der Waals surface area contributed by atoms with Gasteiger partial charge in [-0.15, -0.1) is 0 Å². The van der Waals surface area contributed by atoms with E-state index in [4.69, 9.17) is 0 Å². The molecule has 28 heavy (non-hydrogen) atoms. The number of Topliss-reactive ketones (excluding diaryl/α,β-unsaturated/α-hetero) is 1. The number of carbonyl (C=O) groups is 1. The van der Waals surface area contributed by atoms with Crippen LogP contribution in [0.5, 0.6) is 0 Å². The lowest BCUT2D eigenvalue weighted by Gasteiger charge is -2.62. The summed E-state index contributed by atoms with van der Waals surface area (Å²) in [4.78, 5) is 12.5. The molecular weight excluding hydrogens is 433 g/mol. The molecule has 4 rings (SSSR count). The van der Waals surface area contributed by atoms with Crippen molar-refractivity contribution in [1.29, 1.82) is 0 Å². The first-order valence-corrected chi connectivity index (χ1v) is 12.0. The van der Waals surface area contributed by atoms with E-state index < -0.39 is 11.8 Å². The SMILES string of the molecule is C[C@]12CC[C@H]3[C@@H](CCC4CC(O)(C(F)(F)F)CC[C@@]43C)[C@@H]1CC[C@@H]2C(=O)CBr. The summed E-state index contributed by atoms with van der Waals surface area (Å²) in [6.07, 6.45) is 1.41. The third kappa shape index (κ3) is 2.86. The smallest absolute Gasteiger partial charge is 0.380 e. The van der Waals surface area contributed by atoms with Crippen LogP contribution in [0.25, 0.3) is 0 Å². The molecule has 2 nitrogen and oxygen atoms in total. The molecule has 1 N–H and O–H groups in total. The Morgan fingerprint density at radius 3 is 2.32 bits per heavy atom. The van der Waals surface area contributed by atoms with E-state index in [0.29, 0.717) is 35.3 Å². The Kier molecular flexibility index (Phi) is 5.06. The summed E-state index contributed by atoms with van der Waals surface area (Å²) in [6.45, 7) is 4.49. The Hall–Kier alpha value is -0.100. The highest BCUT2D eigenvalue weighted by molar-refractivity contribution is 9.09. The predicted molar refractivity (Wildman–Crippen MR) is 105 cm³/mol. The van der Waals surface area contributed by atoms with E-state index in [1.165, 1.54) is 0 Å². The van der Waals surface area contributed by atoms with Crippen LogP contribution < -0.4 is 0 Å². The maximum absolute atomic E-state index is 13.4. The molecule has 0 aliphatic heterocycles. The second kappa shape index (κ2) is 6.70. The van der Waals surface area contributed by atoms with Crippen LogP contribution in [0.2, 0.25) is 0 Å². The molecule has 4 aliphatic rings. The standard InChI is InChI=1S/C22H32BrF3O2/c1-19-9-10-21(28,22(24,25)26)11-13(19)3-4-14-15-5-6-17(18(27)12-23)20(15,2)8-7-16(14)19/h13-17,28H,3-12H2,1-2H3/t13?,14-,15-,16-,17+,19-,20-,21?/m0/s1. The highest BCUT2D eigenvalue weighted by Crippen LogP contribution is 2.68. The molecule has 0 spiro atoms. The molecule has 8 atom stereocenters. The Morgan fingerprint density at radius 1 is 1.00 bits per heavy atom. The normalized spacial score (nSPS) is 51.2. The molecule has 160 valence electrons. The minimum atomic E-state index is -4.54. The van der Waals surface area contributed by atoms with Crippen LogP contribution in [0.1, 0.15) is 71.6 Å². The fourth-order valence-electron chi connectivity index (χ4n) is 8.13. The lowest BCUT2D eigenvalue weighted by molar-refractivity contribution is -0.290. The van der Waals surface area contributed by atoms with Gasteiger partial charge in [0.1, 0.15) is 5.78 Å².